The van der Waals surface area contributed by atoms with Gasteiger partial charge in [0.2, 0.25) is 0 Å². The summed E-state index contributed by atoms with van der Waals surface area (Å²) >= 11 is 0. The molecule has 1 N–H and O–H groups in total. The van der Waals surface area contributed by atoms with Crippen LogP contribution < -0.4 is 10.1 Å². The third-order valence-electron chi connectivity index (χ3n) is 3.48. The van der Waals surface area contributed by atoms with Gasteiger partial charge < -0.3 is 10.1 Å². The average Bonchev–Trinajstić information content (AvgIpc) is 2.32. The van der Waals surface area contributed by atoms with E-state index in [0.717, 1.165) is 25.3 Å². The Balaban J connectivity index is 2.99. The van der Waals surface area contributed by atoms with E-state index >= 15 is 0 Å². The molecule has 0 aliphatic rings. The molecule has 0 fully saturated rings. The summed E-state index contributed by atoms with van der Waals surface area (Å²) < 4.78 is 5.99. The van der Waals surface area contributed by atoms with Gasteiger partial charge in [0.1, 0.15) is 5.75 Å². The summed E-state index contributed by atoms with van der Waals surface area (Å²) in [5, 5.41) is 3.15. The van der Waals surface area contributed by atoms with Gasteiger partial charge in [0, 0.05) is 0 Å². The van der Waals surface area contributed by atoms with Gasteiger partial charge in [0.25, 0.3) is 0 Å². The Bertz CT molecular complexity index is 424. The molecule has 0 radical (unpaired) electrons. The van der Waals surface area contributed by atoms with E-state index in [-0.39, 0.29) is 10.8 Å². The zero-order chi connectivity index (χ0) is 15.4. The van der Waals surface area contributed by atoms with E-state index in [9.17, 15) is 0 Å². The minimum atomic E-state index is 0.0968. The van der Waals surface area contributed by atoms with E-state index in [1.54, 1.807) is 0 Å². The van der Waals surface area contributed by atoms with Crippen LogP contribution in [-0.4, -0.2) is 20.2 Å². The maximum atomic E-state index is 5.99. The highest BCUT2D eigenvalue weighted by atomic mass is 16.5. The third-order valence-corrected chi connectivity index (χ3v) is 3.48. The van der Waals surface area contributed by atoms with E-state index in [2.05, 4.69) is 65.1 Å². The molecule has 0 aliphatic carbocycles. The summed E-state index contributed by atoms with van der Waals surface area (Å²) in [6, 6.07) is 6.65. The number of ether oxygens (including phenoxy) is 1. The van der Waals surface area contributed by atoms with Crippen molar-refractivity contribution in [3.8, 4) is 5.75 Å². The lowest BCUT2D eigenvalue weighted by molar-refractivity contribution is 0.301. The molecule has 1 aromatic carbocycles. The third kappa shape index (κ3) is 4.82. The molecule has 2 nitrogen and oxygen atoms in total. The molecular weight excluding hydrogens is 246 g/mol. The molecule has 0 heterocycles. The molecule has 0 spiro atoms. The zero-order valence-electron chi connectivity index (χ0n) is 14.3. The summed E-state index contributed by atoms with van der Waals surface area (Å²) in [5.74, 6) is 1.03. The van der Waals surface area contributed by atoms with E-state index in [4.69, 9.17) is 4.74 Å². The van der Waals surface area contributed by atoms with Crippen molar-refractivity contribution in [1.82, 2.24) is 5.32 Å². The molecule has 1 rings (SSSR count). The minimum Gasteiger partial charge on any atom is -0.493 e. The first-order valence-electron chi connectivity index (χ1n) is 7.58. The molecule has 0 aliphatic heterocycles. The summed E-state index contributed by atoms with van der Waals surface area (Å²) in [5.41, 5.74) is 2.93. The molecule has 20 heavy (non-hydrogen) atoms. The quantitative estimate of drug-likeness (QED) is 0.812. The van der Waals surface area contributed by atoms with Crippen LogP contribution >= 0.6 is 0 Å². The molecule has 0 atom stereocenters. The molecule has 0 saturated carbocycles. The topological polar surface area (TPSA) is 21.3 Å². The Morgan fingerprint density at radius 1 is 1.00 bits per heavy atom. The molecule has 0 saturated heterocycles. The van der Waals surface area contributed by atoms with Crippen LogP contribution in [0, 0.1) is 0 Å². The van der Waals surface area contributed by atoms with Gasteiger partial charge in [0.15, 0.2) is 0 Å². The van der Waals surface area contributed by atoms with Crippen LogP contribution in [0.4, 0.5) is 0 Å². The van der Waals surface area contributed by atoms with Crippen LogP contribution in [0.25, 0.3) is 0 Å². The van der Waals surface area contributed by atoms with Gasteiger partial charge in [-0.25, -0.2) is 0 Å². The Labute approximate surface area is 124 Å². The van der Waals surface area contributed by atoms with Gasteiger partial charge in [-0.2, -0.15) is 0 Å². The highest BCUT2D eigenvalue weighted by Crippen LogP contribution is 2.35. The SMILES string of the molecule is CNCCCOc1ccc(C(C)(C)C)cc1C(C)(C)C. The van der Waals surface area contributed by atoms with Crippen molar-refractivity contribution >= 4 is 0 Å². The lowest BCUT2D eigenvalue weighted by Crippen LogP contribution is -2.18. The molecule has 2 heteroatoms. The fourth-order valence-electron chi connectivity index (χ4n) is 2.14. The van der Waals surface area contributed by atoms with Gasteiger partial charge in [-0.1, -0.05) is 53.7 Å². The fraction of sp³-hybridized carbons (Fsp3) is 0.667. The van der Waals surface area contributed by atoms with Crippen LogP contribution in [0.5, 0.6) is 5.75 Å². The second kappa shape index (κ2) is 6.62. The summed E-state index contributed by atoms with van der Waals surface area (Å²) in [6.45, 7) is 15.2. The van der Waals surface area contributed by atoms with E-state index in [1.807, 2.05) is 7.05 Å². The predicted molar refractivity (Wildman–Crippen MR) is 87.9 cm³/mol. The van der Waals surface area contributed by atoms with Crippen molar-refractivity contribution in [2.45, 2.75) is 58.8 Å². The van der Waals surface area contributed by atoms with Crippen molar-refractivity contribution in [3.05, 3.63) is 29.3 Å². The molecule has 0 unspecified atom stereocenters. The maximum Gasteiger partial charge on any atom is 0.123 e. The zero-order valence-corrected chi connectivity index (χ0v) is 14.3. The second-order valence-corrected chi connectivity index (χ2v) is 7.52. The first kappa shape index (κ1) is 17.0. The van der Waals surface area contributed by atoms with E-state index < -0.39 is 0 Å². The van der Waals surface area contributed by atoms with Crippen LogP contribution in [0.1, 0.15) is 59.1 Å². The number of hydrogen-bond donors (Lipinski definition) is 1. The van der Waals surface area contributed by atoms with Crippen LogP contribution in [0.3, 0.4) is 0 Å². The summed E-state index contributed by atoms with van der Waals surface area (Å²) in [4.78, 5) is 0. The first-order valence-corrected chi connectivity index (χ1v) is 7.58. The molecule has 1 aromatic rings. The van der Waals surface area contributed by atoms with Crippen molar-refractivity contribution in [3.63, 3.8) is 0 Å². The Morgan fingerprint density at radius 3 is 2.15 bits per heavy atom. The highest BCUT2D eigenvalue weighted by Gasteiger charge is 2.22. The largest absolute Gasteiger partial charge is 0.493 e. The van der Waals surface area contributed by atoms with Gasteiger partial charge in [-0.05, 0) is 48.0 Å². The Kier molecular flexibility index (Phi) is 5.64. The van der Waals surface area contributed by atoms with Crippen molar-refractivity contribution in [1.29, 1.82) is 0 Å². The second-order valence-electron chi connectivity index (χ2n) is 7.52. The van der Waals surface area contributed by atoms with Crippen LogP contribution in [0.2, 0.25) is 0 Å². The Morgan fingerprint density at radius 2 is 1.65 bits per heavy atom. The minimum absolute atomic E-state index is 0.0968. The molecule has 114 valence electrons. The van der Waals surface area contributed by atoms with E-state index in [0.29, 0.717) is 0 Å². The summed E-state index contributed by atoms with van der Waals surface area (Å²) in [6.07, 6.45) is 1.03. The molecule has 0 aromatic heterocycles. The van der Waals surface area contributed by atoms with Gasteiger partial charge in [-0.3, -0.25) is 0 Å². The molecule has 0 bridgehead atoms. The molecular formula is C18H31NO. The summed E-state index contributed by atoms with van der Waals surface area (Å²) in [7, 11) is 1.97. The predicted octanol–water partition coefficient (Wildman–Crippen LogP) is 4.27. The maximum absolute atomic E-state index is 5.99. The number of hydrogen-bond acceptors (Lipinski definition) is 2. The molecule has 0 amide bonds. The highest BCUT2D eigenvalue weighted by molar-refractivity contribution is 5.43. The smallest absolute Gasteiger partial charge is 0.123 e. The van der Waals surface area contributed by atoms with Crippen molar-refractivity contribution < 1.29 is 4.74 Å². The Hall–Kier alpha value is -1.02. The first-order chi connectivity index (χ1) is 9.16. The van der Waals surface area contributed by atoms with E-state index in [1.165, 1.54) is 11.1 Å². The van der Waals surface area contributed by atoms with Crippen LogP contribution in [0.15, 0.2) is 18.2 Å². The van der Waals surface area contributed by atoms with Gasteiger partial charge in [-0.15, -0.1) is 0 Å². The number of nitrogens with one attached hydrogen (secondary N) is 1. The number of benzene rings is 1. The normalized spacial score (nSPS) is 12.6. The van der Waals surface area contributed by atoms with Crippen LogP contribution in [-0.2, 0) is 10.8 Å². The van der Waals surface area contributed by atoms with Crippen molar-refractivity contribution in [2.24, 2.45) is 0 Å². The van der Waals surface area contributed by atoms with Crippen molar-refractivity contribution in [2.75, 3.05) is 20.2 Å². The van der Waals surface area contributed by atoms with Gasteiger partial charge in [0.05, 0.1) is 6.61 Å². The standard InChI is InChI=1S/C18H31NO/c1-17(2,3)14-9-10-16(20-12-8-11-19-7)15(13-14)18(4,5)6/h9-10,13,19H,8,11-12H2,1-7H3. The average molecular weight is 277 g/mol. The number of rotatable bonds is 5. The monoisotopic (exact) mass is 277 g/mol. The lowest BCUT2D eigenvalue weighted by Gasteiger charge is -2.27. The lowest BCUT2D eigenvalue weighted by atomic mass is 9.80. The fourth-order valence-corrected chi connectivity index (χ4v) is 2.14. The van der Waals surface area contributed by atoms with Gasteiger partial charge >= 0.3 is 0 Å².